The van der Waals surface area contributed by atoms with Gasteiger partial charge in [0.2, 0.25) is 0 Å². The predicted molar refractivity (Wildman–Crippen MR) is 121 cm³/mol. The van der Waals surface area contributed by atoms with E-state index in [4.69, 9.17) is 9.47 Å². The number of tetrazole rings is 1. The molecule has 1 aliphatic carbocycles. The van der Waals surface area contributed by atoms with E-state index in [-0.39, 0.29) is 35.8 Å². The molecule has 1 saturated carbocycles. The average molecular weight is 454 g/mol. The summed E-state index contributed by atoms with van der Waals surface area (Å²) in [7, 11) is 3.40. The number of rotatable bonds is 7. The maximum atomic E-state index is 13.6. The third-order valence-corrected chi connectivity index (χ3v) is 6.18. The van der Waals surface area contributed by atoms with Crippen molar-refractivity contribution in [1.82, 2.24) is 20.2 Å². The van der Waals surface area contributed by atoms with Crippen molar-refractivity contribution in [2.24, 2.45) is 5.92 Å². The van der Waals surface area contributed by atoms with Gasteiger partial charge in [-0.15, -0.1) is 5.10 Å². The summed E-state index contributed by atoms with van der Waals surface area (Å²) in [6, 6.07) is 12.1. The summed E-state index contributed by atoms with van der Waals surface area (Å²) in [5, 5.41) is 11.4. The zero-order valence-corrected chi connectivity index (χ0v) is 19.2. The van der Waals surface area contributed by atoms with Crippen LogP contribution in [-0.2, 0) is 9.53 Å². The van der Waals surface area contributed by atoms with Crippen LogP contribution in [0, 0.1) is 11.7 Å². The fourth-order valence-electron chi connectivity index (χ4n) is 4.70. The van der Waals surface area contributed by atoms with E-state index < -0.39 is 0 Å². The first-order chi connectivity index (χ1) is 15.9. The van der Waals surface area contributed by atoms with Crippen molar-refractivity contribution in [2.45, 2.75) is 44.8 Å². The molecule has 1 aliphatic rings. The van der Waals surface area contributed by atoms with E-state index in [0.29, 0.717) is 6.42 Å². The Bertz CT molecular complexity index is 1090. The SMILES string of the molecule is COC(=O)C1CCC(N(C)c2cc(-n3cnnn3)ccc2OC(C)C)C1c1ccc(F)cc1. The minimum atomic E-state index is -0.315. The highest BCUT2D eigenvalue weighted by molar-refractivity contribution is 5.75. The van der Waals surface area contributed by atoms with Crippen LogP contribution in [0.3, 0.4) is 0 Å². The Hall–Kier alpha value is -3.49. The highest BCUT2D eigenvalue weighted by atomic mass is 19.1. The predicted octanol–water partition coefficient (Wildman–Crippen LogP) is 3.76. The van der Waals surface area contributed by atoms with Crippen molar-refractivity contribution in [1.29, 1.82) is 0 Å². The molecule has 33 heavy (non-hydrogen) atoms. The van der Waals surface area contributed by atoms with Crippen molar-refractivity contribution in [3.63, 3.8) is 0 Å². The van der Waals surface area contributed by atoms with Gasteiger partial charge in [0.25, 0.3) is 0 Å². The van der Waals surface area contributed by atoms with Crippen LogP contribution in [0.15, 0.2) is 48.8 Å². The zero-order chi connectivity index (χ0) is 23.5. The molecule has 0 radical (unpaired) electrons. The van der Waals surface area contributed by atoms with Gasteiger partial charge in [-0.1, -0.05) is 12.1 Å². The third-order valence-electron chi connectivity index (χ3n) is 6.18. The van der Waals surface area contributed by atoms with Crippen molar-refractivity contribution < 1.29 is 18.7 Å². The van der Waals surface area contributed by atoms with Crippen LogP contribution in [0.2, 0.25) is 0 Å². The van der Waals surface area contributed by atoms with Gasteiger partial charge < -0.3 is 14.4 Å². The first-order valence-electron chi connectivity index (χ1n) is 11.0. The first kappa shape index (κ1) is 22.7. The molecule has 0 bridgehead atoms. The second-order valence-corrected chi connectivity index (χ2v) is 8.54. The molecule has 0 spiro atoms. The Labute approximate surface area is 192 Å². The minimum Gasteiger partial charge on any atom is -0.489 e. The molecule has 2 aromatic carbocycles. The number of carbonyl (C=O) groups is 1. The lowest BCUT2D eigenvalue weighted by atomic mass is 9.86. The van der Waals surface area contributed by atoms with Gasteiger partial charge in [0, 0.05) is 19.0 Å². The molecule has 9 heteroatoms. The molecule has 3 atom stereocenters. The Morgan fingerprint density at radius 1 is 1.18 bits per heavy atom. The fourth-order valence-corrected chi connectivity index (χ4v) is 4.70. The number of aromatic nitrogens is 4. The van der Waals surface area contributed by atoms with E-state index in [1.165, 1.54) is 25.6 Å². The lowest BCUT2D eigenvalue weighted by molar-refractivity contribution is -0.145. The molecule has 8 nitrogen and oxygen atoms in total. The van der Waals surface area contributed by atoms with Crippen LogP contribution in [0.4, 0.5) is 10.1 Å². The Kier molecular flexibility index (Phi) is 6.57. The maximum Gasteiger partial charge on any atom is 0.309 e. The molecule has 1 fully saturated rings. The molecular weight excluding hydrogens is 425 g/mol. The van der Waals surface area contributed by atoms with Gasteiger partial charge in [0.15, 0.2) is 0 Å². The number of methoxy groups -OCH3 is 1. The summed E-state index contributed by atoms with van der Waals surface area (Å²) >= 11 is 0. The van der Waals surface area contributed by atoms with Crippen LogP contribution in [0.5, 0.6) is 5.75 Å². The number of hydrogen-bond donors (Lipinski definition) is 0. The van der Waals surface area contributed by atoms with E-state index in [1.807, 2.05) is 39.1 Å². The summed E-state index contributed by atoms with van der Waals surface area (Å²) in [4.78, 5) is 14.8. The number of nitrogens with zero attached hydrogens (tertiary/aromatic N) is 5. The highest BCUT2D eigenvalue weighted by Crippen LogP contribution is 2.45. The summed E-state index contributed by atoms with van der Waals surface area (Å²) in [5.41, 5.74) is 2.56. The van der Waals surface area contributed by atoms with Crippen molar-refractivity contribution in [2.75, 3.05) is 19.1 Å². The van der Waals surface area contributed by atoms with Gasteiger partial charge >= 0.3 is 5.97 Å². The molecule has 0 N–H and O–H groups in total. The zero-order valence-electron chi connectivity index (χ0n) is 19.2. The summed E-state index contributed by atoms with van der Waals surface area (Å²) < 4.78 is 26.4. The second kappa shape index (κ2) is 9.56. The van der Waals surface area contributed by atoms with Crippen LogP contribution >= 0.6 is 0 Å². The van der Waals surface area contributed by atoms with E-state index in [1.54, 1.807) is 16.8 Å². The lowest BCUT2D eigenvalue weighted by Crippen LogP contribution is -2.37. The molecule has 4 rings (SSSR count). The van der Waals surface area contributed by atoms with Gasteiger partial charge in [0.05, 0.1) is 30.5 Å². The number of hydrogen-bond acceptors (Lipinski definition) is 7. The lowest BCUT2D eigenvalue weighted by Gasteiger charge is -2.34. The van der Waals surface area contributed by atoms with Gasteiger partial charge in [-0.05, 0) is 73.0 Å². The van der Waals surface area contributed by atoms with Crippen LogP contribution < -0.4 is 9.64 Å². The number of benzene rings is 2. The number of anilines is 1. The van der Waals surface area contributed by atoms with E-state index in [2.05, 4.69) is 20.4 Å². The summed E-state index contributed by atoms with van der Waals surface area (Å²) in [5.74, 6) is -0.306. The molecule has 3 aromatic rings. The number of halogens is 1. The minimum absolute atomic E-state index is 0.0182. The largest absolute Gasteiger partial charge is 0.489 e. The van der Waals surface area contributed by atoms with E-state index in [0.717, 1.165) is 29.1 Å². The smallest absolute Gasteiger partial charge is 0.309 e. The molecule has 3 unspecified atom stereocenters. The standard InChI is InChI=1S/C24H28FN5O3/c1-15(2)33-22-12-9-18(30-14-26-27-28-30)13-21(22)29(3)20-11-10-19(24(31)32-4)23(20)16-5-7-17(25)8-6-16/h5-9,12-15,19-20,23H,10-11H2,1-4H3. The van der Waals surface area contributed by atoms with Crippen LogP contribution in [0.25, 0.3) is 5.69 Å². The summed E-state index contributed by atoms with van der Waals surface area (Å²) in [6.07, 6.45) is 2.97. The Morgan fingerprint density at radius 2 is 1.94 bits per heavy atom. The van der Waals surface area contributed by atoms with Crippen molar-refractivity contribution in [3.05, 3.63) is 60.2 Å². The Balaban J connectivity index is 1.75. The third kappa shape index (κ3) is 4.67. The van der Waals surface area contributed by atoms with Crippen molar-refractivity contribution in [3.8, 4) is 11.4 Å². The highest BCUT2D eigenvalue weighted by Gasteiger charge is 2.44. The average Bonchev–Trinajstić information content (AvgIpc) is 3.49. The topological polar surface area (TPSA) is 82.4 Å². The van der Waals surface area contributed by atoms with Crippen LogP contribution in [0.1, 0.15) is 38.2 Å². The number of carbonyl (C=O) groups excluding carboxylic acids is 1. The second-order valence-electron chi connectivity index (χ2n) is 8.54. The molecule has 0 saturated heterocycles. The quantitative estimate of drug-likeness (QED) is 0.504. The van der Waals surface area contributed by atoms with E-state index in [9.17, 15) is 9.18 Å². The molecule has 1 heterocycles. The monoisotopic (exact) mass is 453 g/mol. The number of esters is 1. The van der Waals surface area contributed by atoms with Crippen LogP contribution in [-0.4, -0.2) is 52.5 Å². The first-order valence-corrected chi connectivity index (χ1v) is 11.0. The normalized spacial score (nSPS) is 20.1. The molecular formula is C24H28FN5O3. The van der Waals surface area contributed by atoms with Gasteiger partial charge in [-0.3, -0.25) is 4.79 Å². The number of ether oxygens (including phenoxy) is 2. The maximum absolute atomic E-state index is 13.6. The Morgan fingerprint density at radius 3 is 2.58 bits per heavy atom. The molecule has 174 valence electrons. The summed E-state index contributed by atoms with van der Waals surface area (Å²) in [6.45, 7) is 3.95. The van der Waals surface area contributed by atoms with Gasteiger partial charge in [0.1, 0.15) is 17.9 Å². The molecule has 0 aliphatic heterocycles. The van der Waals surface area contributed by atoms with E-state index >= 15 is 0 Å². The fraction of sp³-hybridized carbons (Fsp3) is 0.417. The van der Waals surface area contributed by atoms with Gasteiger partial charge in [-0.25, -0.2) is 9.07 Å². The molecule has 0 amide bonds. The van der Waals surface area contributed by atoms with Gasteiger partial charge in [-0.2, -0.15) is 0 Å². The van der Waals surface area contributed by atoms with Crippen molar-refractivity contribution >= 4 is 11.7 Å². The molecule has 1 aromatic heterocycles. The number of likely N-dealkylation sites (N-methyl/N-ethyl adjacent to an activating group) is 1.